The number of anilines is 1. The van der Waals surface area contributed by atoms with Gasteiger partial charge in [-0.25, -0.2) is 13.6 Å². The number of nitrogens with two attached hydrogens (primary N) is 1. The summed E-state index contributed by atoms with van der Waals surface area (Å²) in [7, 11) is -3.85. The minimum absolute atomic E-state index is 0.00309. The van der Waals surface area contributed by atoms with Crippen molar-refractivity contribution in [3.05, 3.63) is 68.9 Å². The average molecular weight is 612 g/mol. The Morgan fingerprint density at radius 1 is 1.10 bits per heavy atom. The number of rotatable bonds is 6. The summed E-state index contributed by atoms with van der Waals surface area (Å²) in [6, 6.07) is 9.33. The van der Waals surface area contributed by atoms with Crippen LogP contribution in [0.4, 0.5) is 5.69 Å². The van der Waals surface area contributed by atoms with Crippen molar-refractivity contribution in [1.29, 1.82) is 0 Å². The first-order chi connectivity index (χ1) is 19.6. The highest BCUT2D eigenvalue weighted by molar-refractivity contribution is 8.00. The first kappa shape index (κ1) is 26.6. The number of aromatic nitrogens is 2. The number of likely N-dealkylation sites (tertiary alicyclic amines) is 1. The lowest BCUT2D eigenvalue weighted by molar-refractivity contribution is -0.141. The summed E-state index contributed by atoms with van der Waals surface area (Å²) in [6.07, 6.45) is 4.24. The normalized spacial score (nSPS) is 29.8. The number of H-pyrrole nitrogens is 1. The van der Waals surface area contributed by atoms with Crippen molar-refractivity contribution < 1.29 is 22.8 Å². The van der Waals surface area contributed by atoms with Crippen molar-refractivity contribution in [2.45, 2.75) is 33.9 Å². The zero-order valence-corrected chi connectivity index (χ0v) is 23.9. The van der Waals surface area contributed by atoms with E-state index in [1.165, 1.54) is 40.5 Å². The Balaban J connectivity index is 1.09. The number of imide groups is 1. The van der Waals surface area contributed by atoms with Gasteiger partial charge in [0.2, 0.25) is 27.7 Å². The van der Waals surface area contributed by atoms with Crippen molar-refractivity contribution in [3.63, 3.8) is 0 Å². The molecule has 3 fully saturated rings. The average Bonchev–Trinajstić information content (AvgIpc) is 3.67. The van der Waals surface area contributed by atoms with Gasteiger partial charge in [-0.3, -0.25) is 29.1 Å². The zero-order chi connectivity index (χ0) is 28.6. The summed E-state index contributed by atoms with van der Waals surface area (Å²) in [5.41, 5.74) is 1.38. The molecular formula is C27H25N5O6S3. The highest BCUT2D eigenvalue weighted by atomic mass is 32.2. The molecule has 1 aromatic carbocycles. The number of benzene rings is 1. The number of thiazole rings is 1. The van der Waals surface area contributed by atoms with Crippen LogP contribution < -0.4 is 15.3 Å². The van der Waals surface area contributed by atoms with Gasteiger partial charge in [0.1, 0.15) is 0 Å². The number of aromatic amines is 1. The Bertz CT molecular complexity index is 1740. The van der Waals surface area contributed by atoms with Crippen LogP contribution in [0.1, 0.15) is 29.2 Å². The Kier molecular flexibility index (Phi) is 6.23. The summed E-state index contributed by atoms with van der Waals surface area (Å²) in [6.45, 7) is -0.0274. The predicted octanol–water partition coefficient (Wildman–Crippen LogP) is 1.98. The summed E-state index contributed by atoms with van der Waals surface area (Å²) in [5, 5.41) is 8.72. The van der Waals surface area contributed by atoms with Gasteiger partial charge in [-0.2, -0.15) is 0 Å². The van der Waals surface area contributed by atoms with E-state index in [0.29, 0.717) is 5.69 Å². The van der Waals surface area contributed by atoms with E-state index in [1.54, 1.807) is 18.0 Å². The number of sulfonamides is 1. The Morgan fingerprint density at radius 2 is 1.83 bits per heavy atom. The minimum Gasteiger partial charge on any atom is -0.326 e. The van der Waals surface area contributed by atoms with E-state index < -0.39 is 27.8 Å². The van der Waals surface area contributed by atoms with Crippen LogP contribution in [0.15, 0.2) is 63.5 Å². The molecule has 2 aliphatic carbocycles. The van der Waals surface area contributed by atoms with Crippen LogP contribution in [0.3, 0.4) is 0 Å². The fourth-order valence-corrected chi connectivity index (χ4v) is 10.8. The van der Waals surface area contributed by atoms with Crippen molar-refractivity contribution in [2.24, 2.45) is 34.7 Å². The first-order valence-corrected chi connectivity index (χ1v) is 16.4. The molecule has 7 unspecified atom stereocenters. The summed E-state index contributed by atoms with van der Waals surface area (Å²) in [5.74, 6) is -1.69. The van der Waals surface area contributed by atoms with Crippen molar-refractivity contribution >= 4 is 56.5 Å². The number of amides is 3. The van der Waals surface area contributed by atoms with Gasteiger partial charge >= 0.3 is 4.87 Å². The maximum atomic E-state index is 13.7. The Morgan fingerprint density at radius 3 is 2.51 bits per heavy atom. The molecule has 1 saturated heterocycles. The number of fused-ring (bicyclic) bond motifs is 9. The molecule has 7 atom stereocenters. The number of primary sulfonamides is 1. The van der Waals surface area contributed by atoms with Crippen LogP contribution in [0.2, 0.25) is 0 Å². The Labute approximate surface area is 243 Å². The molecule has 0 spiro atoms. The lowest BCUT2D eigenvalue weighted by Crippen LogP contribution is -2.42. The molecule has 4 heterocycles. The van der Waals surface area contributed by atoms with Gasteiger partial charge in [0.25, 0.3) is 0 Å². The smallest absolute Gasteiger partial charge is 0.305 e. The molecule has 4 aliphatic rings. The maximum absolute atomic E-state index is 13.7. The van der Waals surface area contributed by atoms with E-state index in [4.69, 9.17) is 5.14 Å². The molecule has 2 aliphatic heterocycles. The number of thioether (sulfide) groups is 1. The van der Waals surface area contributed by atoms with Gasteiger partial charge in [0.05, 0.1) is 21.8 Å². The maximum Gasteiger partial charge on any atom is 0.305 e. The van der Waals surface area contributed by atoms with Crippen molar-refractivity contribution in [3.8, 4) is 0 Å². The number of nitrogens with zero attached hydrogens (tertiary/aromatic N) is 2. The highest BCUT2D eigenvalue weighted by Gasteiger charge is 2.69. The second kappa shape index (κ2) is 9.61. The van der Waals surface area contributed by atoms with E-state index >= 15 is 0 Å². The molecule has 2 bridgehead atoms. The first-order valence-electron chi connectivity index (χ1n) is 13.2. The van der Waals surface area contributed by atoms with Gasteiger partial charge in [0.15, 0.2) is 0 Å². The van der Waals surface area contributed by atoms with E-state index in [1.807, 2.05) is 18.3 Å². The van der Waals surface area contributed by atoms with Gasteiger partial charge < -0.3 is 10.3 Å². The van der Waals surface area contributed by atoms with Crippen LogP contribution >= 0.6 is 23.1 Å². The summed E-state index contributed by atoms with van der Waals surface area (Å²) in [4.78, 5) is 61.6. The molecule has 14 heteroatoms. The SMILES string of the molecule is NS(=O)(=O)c1ccc(NC(=O)CCN2C(=O)C3C4CC(C3C2=O)C2C(c3cccnc3)c3sc(=O)[nH]c3SC42)cc1. The fraction of sp³-hybridized carbons (Fsp3) is 0.370. The van der Waals surface area contributed by atoms with Crippen LogP contribution in [0.5, 0.6) is 0 Å². The van der Waals surface area contributed by atoms with Crippen LogP contribution in [-0.4, -0.2) is 52.8 Å². The molecular weight excluding hydrogens is 587 g/mol. The molecule has 3 amide bonds. The Hall–Kier alpha value is -3.33. The van der Waals surface area contributed by atoms with E-state index in [9.17, 15) is 27.6 Å². The monoisotopic (exact) mass is 611 g/mol. The zero-order valence-electron chi connectivity index (χ0n) is 21.4. The van der Waals surface area contributed by atoms with Gasteiger partial charge in [-0.05, 0) is 60.1 Å². The number of hydrogen-bond acceptors (Lipinski definition) is 9. The molecule has 3 aromatic rings. The topological polar surface area (TPSA) is 172 Å². The van der Waals surface area contributed by atoms with Gasteiger partial charge in [0, 0.05) is 47.1 Å². The van der Waals surface area contributed by atoms with E-state index in [0.717, 1.165) is 21.9 Å². The summed E-state index contributed by atoms with van der Waals surface area (Å²) < 4.78 is 22.9. The van der Waals surface area contributed by atoms with E-state index in [2.05, 4.69) is 15.3 Å². The quantitative estimate of drug-likeness (QED) is 0.355. The number of hydrogen-bond donors (Lipinski definition) is 3. The number of nitrogens with one attached hydrogen (secondary N) is 2. The molecule has 0 radical (unpaired) electrons. The number of carbonyl (C=O) groups excluding carboxylic acids is 3. The molecule has 11 nitrogen and oxygen atoms in total. The third kappa shape index (κ3) is 4.26. The minimum atomic E-state index is -3.85. The standard InChI is InChI=1S/C27H25N5O6S3/c28-41(37,38)14-5-3-13(4-6-14)30-17(33)7-9-32-25(34)20-15-10-16(21(20)26(32)35)22-19(15)18(12-2-1-8-29-11-12)23-24(39-22)31-27(36)40-23/h1-6,8,11,15-16,18-22H,7,9-10H2,(H,30,33)(H,31,36)(H2,28,37,38). The lowest BCUT2D eigenvalue weighted by Gasteiger charge is -2.42. The van der Waals surface area contributed by atoms with E-state index in [-0.39, 0.29) is 63.5 Å². The van der Waals surface area contributed by atoms with Crippen molar-refractivity contribution in [2.75, 3.05) is 11.9 Å². The molecule has 2 aromatic heterocycles. The molecule has 41 heavy (non-hydrogen) atoms. The molecule has 4 N–H and O–H groups in total. The highest BCUT2D eigenvalue weighted by Crippen LogP contribution is 2.68. The van der Waals surface area contributed by atoms with Crippen LogP contribution in [0, 0.1) is 29.6 Å². The summed E-state index contributed by atoms with van der Waals surface area (Å²) >= 11 is 2.84. The number of carbonyl (C=O) groups is 3. The second-order valence-corrected chi connectivity index (χ2v) is 14.7. The predicted molar refractivity (Wildman–Crippen MR) is 151 cm³/mol. The molecule has 212 valence electrons. The lowest BCUT2D eigenvalue weighted by atomic mass is 9.68. The van der Waals surface area contributed by atoms with Gasteiger partial charge in [-0.1, -0.05) is 17.4 Å². The fourth-order valence-electron chi connectivity index (χ4n) is 7.40. The van der Waals surface area contributed by atoms with Crippen LogP contribution in [-0.2, 0) is 24.4 Å². The van der Waals surface area contributed by atoms with Crippen LogP contribution in [0.25, 0.3) is 0 Å². The van der Waals surface area contributed by atoms with Crippen molar-refractivity contribution in [1.82, 2.24) is 14.9 Å². The third-order valence-electron chi connectivity index (χ3n) is 8.89. The molecule has 7 rings (SSSR count). The third-order valence-corrected chi connectivity index (χ3v) is 12.4. The largest absolute Gasteiger partial charge is 0.326 e. The van der Waals surface area contributed by atoms with Gasteiger partial charge in [-0.15, -0.1) is 11.8 Å². The second-order valence-electron chi connectivity index (χ2n) is 10.9. The molecule has 2 saturated carbocycles. The number of pyridine rings is 1.